The standard InChI is InChI=1S/C9H16FN3O2/c1-6(11)13-4-2-3-7(10)5-8(12)9(14)15/h5,8H,2-4,12H2,1H3,(H2,11,13)(H,14,15)/b7-5-/t8-/m0/s1. The van der Waals surface area contributed by atoms with E-state index in [4.69, 9.17) is 16.2 Å². The molecular formula is C9H16FN3O2. The fraction of sp³-hybridized carbons (Fsp3) is 0.556. The molecule has 0 aliphatic carbocycles. The molecule has 0 aliphatic rings. The number of amidine groups is 1. The Hall–Kier alpha value is -1.43. The highest BCUT2D eigenvalue weighted by molar-refractivity contribution is 5.76. The molecule has 0 aliphatic heterocycles. The van der Waals surface area contributed by atoms with Gasteiger partial charge in [-0.05, 0) is 19.4 Å². The molecule has 0 aromatic heterocycles. The summed E-state index contributed by atoms with van der Waals surface area (Å²) in [7, 11) is 0. The molecule has 0 fully saturated rings. The van der Waals surface area contributed by atoms with E-state index in [0.717, 1.165) is 6.08 Å². The second-order valence-electron chi connectivity index (χ2n) is 3.13. The minimum absolute atomic E-state index is 0.126. The van der Waals surface area contributed by atoms with Crippen molar-refractivity contribution in [2.75, 3.05) is 6.54 Å². The second kappa shape index (κ2) is 6.94. The van der Waals surface area contributed by atoms with Crippen LogP contribution in [0.1, 0.15) is 19.8 Å². The average Bonchev–Trinajstić information content (AvgIpc) is 2.12. The molecule has 0 amide bonds. The van der Waals surface area contributed by atoms with Crippen LogP contribution in [-0.4, -0.2) is 29.5 Å². The lowest BCUT2D eigenvalue weighted by atomic mass is 10.2. The average molecular weight is 217 g/mol. The van der Waals surface area contributed by atoms with E-state index in [1.807, 2.05) is 0 Å². The molecule has 0 aromatic carbocycles. The predicted molar refractivity (Wildman–Crippen MR) is 55.4 cm³/mol. The topological polar surface area (TPSA) is 99.2 Å². The maximum absolute atomic E-state index is 13.0. The second-order valence-corrected chi connectivity index (χ2v) is 3.13. The summed E-state index contributed by atoms with van der Waals surface area (Å²) in [4.78, 5) is 10.3. The lowest BCUT2D eigenvalue weighted by molar-refractivity contribution is -0.137. The molecule has 15 heavy (non-hydrogen) atoms. The molecule has 0 radical (unpaired) electrons. The Morgan fingerprint density at radius 3 is 2.80 bits per heavy atom. The normalized spacial score (nSPS) is 13.4. The minimum Gasteiger partial charge on any atom is -0.480 e. The molecule has 0 bridgehead atoms. The predicted octanol–water partition coefficient (Wildman–Crippen LogP) is 0.619. The number of aliphatic carboxylic acids is 1. The van der Waals surface area contributed by atoms with Gasteiger partial charge in [-0.25, -0.2) is 4.39 Å². The largest absolute Gasteiger partial charge is 0.480 e. The Balaban J connectivity index is 3.78. The van der Waals surface area contributed by atoms with E-state index < -0.39 is 17.8 Å². The van der Waals surface area contributed by atoms with Crippen LogP contribution in [-0.2, 0) is 4.79 Å². The Labute approximate surface area is 87.7 Å². The lowest BCUT2D eigenvalue weighted by Crippen LogP contribution is -2.27. The number of carboxylic acid groups (broad SMARTS) is 1. The van der Waals surface area contributed by atoms with Crippen LogP contribution in [0.3, 0.4) is 0 Å². The van der Waals surface area contributed by atoms with Crippen LogP contribution in [0.5, 0.6) is 0 Å². The number of carbonyl (C=O) groups is 1. The van der Waals surface area contributed by atoms with E-state index in [-0.39, 0.29) is 6.42 Å². The quantitative estimate of drug-likeness (QED) is 0.298. The molecule has 0 rings (SSSR count). The molecule has 0 saturated heterocycles. The van der Waals surface area contributed by atoms with E-state index in [1.165, 1.54) is 0 Å². The van der Waals surface area contributed by atoms with Gasteiger partial charge in [0, 0.05) is 13.0 Å². The van der Waals surface area contributed by atoms with Crippen LogP contribution in [0.15, 0.2) is 11.9 Å². The maximum Gasteiger partial charge on any atom is 0.324 e. The summed E-state index contributed by atoms with van der Waals surface area (Å²) in [6.07, 6.45) is 1.51. The van der Waals surface area contributed by atoms with Gasteiger partial charge in [0.1, 0.15) is 6.04 Å². The summed E-state index contributed by atoms with van der Waals surface area (Å²) in [5.41, 5.74) is 5.10. The van der Waals surface area contributed by atoms with E-state index in [2.05, 4.69) is 5.32 Å². The molecule has 6 heteroatoms. The van der Waals surface area contributed by atoms with E-state index in [1.54, 1.807) is 6.92 Å². The number of allylic oxidation sites excluding steroid dienone is 1. The lowest BCUT2D eigenvalue weighted by Gasteiger charge is -2.03. The van der Waals surface area contributed by atoms with Gasteiger partial charge in [-0.1, -0.05) is 0 Å². The molecule has 1 atom stereocenters. The van der Waals surface area contributed by atoms with Crippen LogP contribution in [0.25, 0.3) is 0 Å². The first-order valence-corrected chi connectivity index (χ1v) is 4.57. The third-order valence-corrected chi connectivity index (χ3v) is 1.63. The number of hydrogen-bond donors (Lipinski definition) is 4. The minimum atomic E-state index is -1.29. The third-order valence-electron chi connectivity index (χ3n) is 1.63. The van der Waals surface area contributed by atoms with Crippen LogP contribution >= 0.6 is 0 Å². The van der Waals surface area contributed by atoms with Gasteiger partial charge >= 0.3 is 5.97 Å². The Kier molecular flexibility index (Phi) is 6.28. The summed E-state index contributed by atoms with van der Waals surface area (Å²) >= 11 is 0. The fourth-order valence-electron chi connectivity index (χ4n) is 0.883. The van der Waals surface area contributed by atoms with E-state index in [9.17, 15) is 9.18 Å². The van der Waals surface area contributed by atoms with Crippen molar-refractivity contribution in [3.05, 3.63) is 11.9 Å². The van der Waals surface area contributed by atoms with Gasteiger partial charge in [-0.15, -0.1) is 0 Å². The molecule has 0 unspecified atom stereocenters. The summed E-state index contributed by atoms with van der Waals surface area (Å²) < 4.78 is 13.0. The molecule has 0 heterocycles. The molecule has 5 N–H and O–H groups in total. The maximum atomic E-state index is 13.0. The zero-order valence-electron chi connectivity index (χ0n) is 8.59. The van der Waals surface area contributed by atoms with Crippen molar-refractivity contribution in [3.63, 3.8) is 0 Å². The van der Waals surface area contributed by atoms with E-state index in [0.29, 0.717) is 18.8 Å². The van der Waals surface area contributed by atoms with Crippen molar-refractivity contribution in [2.24, 2.45) is 5.73 Å². The summed E-state index contributed by atoms with van der Waals surface area (Å²) in [5, 5.41) is 18.1. The molecule has 0 saturated carbocycles. The van der Waals surface area contributed by atoms with Gasteiger partial charge in [-0.3, -0.25) is 10.2 Å². The molecule has 0 spiro atoms. The monoisotopic (exact) mass is 217 g/mol. The van der Waals surface area contributed by atoms with Crippen molar-refractivity contribution >= 4 is 11.8 Å². The molecule has 5 nitrogen and oxygen atoms in total. The first kappa shape index (κ1) is 13.6. The smallest absolute Gasteiger partial charge is 0.324 e. The summed E-state index contributed by atoms with van der Waals surface area (Å²) in [5.74, 6) is -1.46. The van der Waals surface area contributed by atoms with Crippen molar-refractivity contribution < 1.29 is 14.3 Å². The Morgan fingerprint density at radius 1 is 1.73 bits per heavy atom. The molecular weight excluding hydrogens is 201 g/mol. The number of nitrogens with two attached hydrogens (primary N) is 1. The first-order valence-electron chi connectivity index (χ1n) is 4.57. The highest BCUT2D eigenvalue weighted by atomic mass is 19.1. The molecule has 0 aromatic rings. The van der Waals surface area contributed by atoms with Crippen LogP contribution in [0, 0.1) is 5.41 Å². The van der Waals surface area contributed by atoms with Crippen LogP contribution in [0.2, 0.25) is 0 Å². The highest BCUT2D eigenvalue weighted by Crippen LogP contribution is 2.06. The van der Waals surface area contributed by atoms with Crippen molar-refractivity contribution in [2.45, 2.75) is 25.8 Å². The van der Waals surface area contributed by atoms with Crippen molar-refractivity contribution in [1.82, 2.24) is 5.32 Å². The van der Waals surface area contributed by atoms with Gasteiger partial charge in [-0.2, -0.15) is 0 Å². The van der Waals surface area contributed by atoms with Gasteiger partial charge in [0.2, 0.25) is 0 Å². The van der Waals surface area contributed by atoms with Gasteiger partial charge in [0.05, 0.1) is 11.7 Å². The molecule has 86 valence electrons. The number of nitrogens with one attached hydrogen (secondary N) is 2. The van der Waals surface area contributed by atoms with Gasteiger partial charge in [0.15, 0.2) is 0 Å². The fourth-order valence-corrected chi connectivity index (χ4v) is 0.883. The summed E-state index contributed by atoms with van der Waals surface area (Å²) in [6, 6.07) is -1.29. The Morgan fingerprint density at radius 2 is 2.33 bits per heavy atom. The van der Waals surface area contributed by atoms with Crippen LogP contribution < -0.4 is 11.1 Å². The summed E-state index contributed by atoms with van der Waals surface area (Å²) in [6.45, 7) is 2.07. The van der Waals surface area contributed by atoms with Gasteiger partial charge in [0.25, 0.3) is 0 Å². The van der Waals surface area contributed by atoms with Crippen LogP contribution in [0.4, 0.5) is 4.39 Å². The van der Waals surface area contributed by atoms with Gasteiger partial charge < -0.3 is 16.2 Å². The zero-order valence-corrected chi connectivity index (χ0v) is 8.59. The number of halogens is 1. The number of rotatable bonds is 6. The first-order chi connectivity index (χ1) is 6.93. The Bertz CT molecular complexity index is 266. The number of carboxylic acids is 1. The SMILES string of the molecule is CC(=N)NCCC/C(F)=C/[C@H](N)C(=O)O. The van der Waals surface area contributed by atoms with Crippen molar-refractivity contribution in [3.8, 4) is 0 Å². The third kappa shape index (κ3) is 7.63. The number of hydrogen-bond acceptors (Lipinski definition) is 3. The van der Waals surface area contributed by atoms with E-state index >= 15 is 0 Å². The van der Waals surface area contributed by atoms with Crippen molar-refractivity contribution in [1.29, 1.82) is 5.41 Å². The zero-order chi connectivity index (χ0) is 11.8. The highest BCUT2D eigenvalue weighted by Gasteiger charge is 2.09.